The van der Waals surface area contributed by atoms with Gasteiger partial charge in [0.05, 0.1) is 0 Å². The fraction of sp³-hybridized carbons (Fsp3) is 0.143. The number of alkyl halides is 1. The maximum absolute atomic E-state index is 13.6. The average molecular weight is 350 g/mol. The summed E-state index contributed by atoms with van der Waals surface area (Å²) in [5.41, 5.74) is 0.715. The van der Waals surface area contributed by atoms with Crippen molar-refractivity contribution in [3.63, 3.8) is 0 Å². The van der Waals surface area contributed by atoms with Gasteiger partial charge in [0.1, 0.15) is 17.5 Å². The van der Waals surface area contributed by atoms with Crippen molar-refractivity contribution in [1.29, 1.82) is 0 Å². The topological polar surface area (TPSA) is 0 Å². The zero-order valence-electron chi connectivity index (χ0n) is 9.64. The van der Waals surface area contributed by atoms with E-state index >= 15 is 0 Å². The Morgan fingerprint density at radius 2 is 1.68 bits per heavy atom. The number of hydrogen-bond donors (Lipinski definition) is 0. The minimum Gasteiger partial charge on any atom is -0.207 e. The number of benzene rings is 2. The maximum atomic E-state index is 13.6. The van der Waals surface area contributed by atoms with Crippen LogP contribution in [0.4, 0.5) is 13.2 Å². The van der Waals surface area contributed by atoms with Gasteiger partial charge >= 0.3 is 0 Å². The van der Waals surface area contributed by atoms with Crippen LogP contribution in [0.15, 0.2) is 36.4 Å². The molecule has 0 bridgehead atoms. The van der Waals surface area contributed by atoms with E-state index in [1.54, 1.807) is 6.07 Å². The first-order chi connectivity index (χ1) is 8.97. The lowest BCUT2D eigenvalue weighted by molar-refractivity contribution is 0.578. The summed E-state index contributed by atoms with van der Waals surface area (Å²) in [6, 6.07) is 7.58. The Balaban J connectivity index is 2.28. The van der Waals surface area contributed by atoms with Gasteiger partial charge in [0.15, 0.2) is 0 Å². The molecule has 5 heteroatoms. The van der Waals surface area contributed by atoms with Crippen molar-refractivity contribution in [3.8, 4) is 0 Å². The van der Waals surface area contributed by atoms with Crippen molar-refractivity contribution >= 4 is 27.5 Å². The summed E-state index contributed by atoms with van der Waals surface area (Å²) in [4.78, 5) is -0.424. The lowest BCUT2D eigenvalue weighted by Gasteiger charge is -2.12. The zero-order valence-corrected chi connectivity index (χ0v) is 12.0. The average Bonchev–Trinajstić information content (AvgIpc) is 2.32. The summed E-state index contributed by atoms with van der Waals surface area (Å²) in [6.45, 7) is 0. The van der Waals surface area contributed by atoms with Gasteiger partial charge in [0.25, 0.3) is 0 Å². The van der Waals surface area contributed by atoms with E-state index in [4.69, 9.17) is 11.6 Å². The van der Waals surface area contributed by atoms with Crippen LogP contribution in [0.5, 0.6) is 0 Å². The van der Waals surface area contributed by atoms with Gasteiger partial charge in [-0.1, -0.05) is 33.6 Å². The summed E-state index contributed by atoms with van der Waals surface area (Å²) in [7, 11) is 0. The third kappa shape index (κ3) is 3.51. The van der Waals surface area contributed by atoms with E-state index in [0.29, 0.717) is 16.1 Å². The van der Waals surface area contributed by atoms with Crippen molar-refractivity contribution in [3.05, 3.63) is 70.0 Å². The van der Waals surface area contributed by atoms with Crippen LogP contribution in [0, 0.1) is 17.5 Å². The highest BCUT2D eigenvalue weighted by atomic mass is 79.9. The minimum atomic E-state index is -0.668. The van der Waals surface area contributed by atoms with E-state index in [2.05, 4.69) is 15.9 Å². The van der Waals surface area contributed by atoms with Crippen LogP contribution in [-0.2, 0) is 6.42 Å². The van der Waals surface area contributed by atoms with Gasteiger partial charge in [-0.05, 0) is 36.2 Å². The molecule has 0 amide bonds. The molecule has 1 unspecified atom stereocenters. The normalized spacial score (nSPS) is 12.5. The molecule has 0 heterocycles. The molecule has 2 aromatic rings. The number of hydrogen-bond acceptors (Lipinski definition) is 0. The van der Waals surface area contributed by atoms with Crippen LogP contribution in [0.3, 0.4) is 0 Å². The predicted octanol–water partition coefficient (Wildman–Crippen LogP) is 5.44. The molecule has 19 heavy (non-hydrogen) atoms. The van der Waals surface area contributed by atoms with Crippen molar-refractivity contribution in [2.75, 3.05) is 0 Å². The zero-order chi connectivity index (χ0) is 14.0. The summed E-state index contributed by atoms with van der Waals surface area (Å²) in [5, 5.41) is 0.293. The standard InChI is InChI=1S/C14H9BrClF3/c15-12(8-4-9(17)6-10(18)5-8)7-11-13(16)2-1-3-14(11)19/h1-6,12H,7H2. The number of halogens is 5. The molecule has 2 rings (SSSR count). The fourth-order valence-corrected chi connectivity index (χ4v) is 2.61. The molecule has 0 saturated carbocycles. The molecule has 0 aliphatic carbocycles. The lowest BCUT2D eigenvalue weighted by atomic mass is 10.0. The van der Waals surface area contributed by atoms with Crippen molar-refractivity contribution in [2.45, 2.75) is 11.2 Å². The molecular formula is C14H9BrClF3. The van der Waals surface area contributed by atoms with E-state index in [1.165, 1.54) is 24.3 Å². The summed E-state index contributed by atoms with van der Waals surface area (Å²) < 4.78 is 39.9. The molecule has 0 aliphatic rings. The molecular weight excluding hydrogens is 341 g/mol. The molecule has 0 radical (unpaired) electrons. The Morgan fingerprint density at radius 3 is 2.26 bits per heavy atom. The monoisotopic (exact) mass is 348 g/mol. The molecule has 100 valence electrons. The lowest BCUT2D eigenvalue weighted by Crippen LogP contribution is -2.00. The quantitative estimate of drug-likeness (QED) is 0.648. The first-order valence-electron chi connectivity index (χ1n) is 5.50. The molecule has 0 nitrogen and oxygen atoms in total. The molecule has 2 aromatic carbocycles. The molecule has 1 atom stereocenters. The molecule has 0 N–H and O–H groups in total. The molecule has 0 spiro atoms. The van der Waals surface area contributed by atoms with Crippen molar-refractivity contribution in [1.82, 2.24) is 0 Å². The van der Waals surface area contributed by atoms with Gasteiger partial charge in [0.2, 0.25) is 0 Å². The van der Waals surface area contributed by atoms with Crippen molar-refractivity contribution in [2.24, 2.45) is 0 Å². The first kappa shape index (κ1) is 14.4. The van der Waals surface area contributed by atoms with Gasteiger partial charge in [-0.3, -0.25) is 0 Å². The first-order valence-corrected chi connectivity index (χ1v) is 6.79. The van der Waals surface area contributed by atoms with Crippen LogP contribution < -0.4 is 0 Å². The maximum Gasteiger partial charge on any atom is 0.127 e. The molecule has 0 aromatic heterocycles. The van der Waals surface area contributed by atoms with E-state index in [-0.39, 0.29) is 6.42 Å². The number of rotatable bonds is 3. The summed E-state index contributed by atoms with van der Waals surface area (Å²) in [6.07, 6.45) is 0.203. The second-order valence-corrected chi connectivity index (χ2v) is 5.59. The minimum absolute atomic E-state index is 0.203. The third-order valence-electron chi connectivity index (χ3n) is 2.69. The Hall–Kier alpha value is -1.00. The van der Waals surface area contributed by atoms with E-state index in [1.807, 2.05) is 0 Å². The molecule has 0 aliphatic heterocycles. The van der Waals surface area contributed by atoms with Crippen LogP contribution in [-0.4, -0.2) is 0 Å². The highest BCUT2D eigenvalue weighted by Gasteiger charge is 2.15. The van der Waals surface area contributed by atoms with Gasteiger partial charge in [0, 0.05) is 21.5 Å². The Labute approximate surface area is 122 Å². The van der Waals surface area contributed by atoms with Crippen molar-refractivity contribution < 1.29 is 13.2 Å². The highest BCUT2D eigenvalue weighted by molar-refractivity contribution is 9.09. The van der Waals surface area contributed by atoms with E-state index in [0.717, 1.165) is 6.07 Å². The summed E-state index contributed by atoms with van der Waals surface area (Å²) in [5.74, 6) is -1.77. The smallest absolute Gasteiger partial charge is 0.127 e. The van der Waals surface area contributed by atoms with Crippen LogP contribution in [0.1, 0.15) is 16.0 Å². The highest BCUT2D eigenvalue weighted by Crippen LogP contribution is 2.31. The van der Waals surface area contributed by atoms with Crippen LogP contribution >= 0.6 is 27.5 Å². The van der Waals surface area contributed by atoms with Gasteiger partial charge in [-0.2, -0.15) is 0 Å². The van der Waals surface area contributed by atoms with Crippen LogP contribution in [0.25, 0.3) is 0 Å². The summed E-state index contributed by atoms with van der Waals surface area (Å²) >= 11 is 9.22. The second kappa shape index (κ2) is 5.97. The van der Waals surface area contributed by atoms with Gasteiger partial charge in [-0.15, -0.1) is 0 Å². The Bertz CT molecular complexity index is 561. The Morgan fingerprint density at radius 1 is 1.05 bits per heavy atom. The predicted molar refractivity (Wildman–Crippen MR) is 73.1 cm³/mol. The Kier molecular flexibility index (Phi) is 4.53. The van der Waals surface area contributed by atoms with E-state index in [9.17, 15) is 13.2 Å². The largest absolute Gasteiger partial charge is 0.207 e. The van der Waals surface area contributed by atoms with Crippen LogP contribution in [0.2, 0.25) is 5.02 Å². The molecule has 0 saturated heterocycles. The second-order valence-electron chi connectivity index (χ2n) is 4.07. The SMILES string of the molecule is Fc1cc(F)cc(C(Br)Cc2c(F)cccc2Cl)c1. The fourth-order valence-electron chi connectivity index (χ4n) is 1.78. The van der Waals surface area contributed by atoms with E-state index < -0.39 is 22.3 Å². The van der Waals surface area contributed by atoms with Gasteiger partial charge in [-0.25, -0.2) is 13.2 Å². The van der Waals surface area contributed by atoms with Gasteiger partial charge < -0.3 is 0 Å². The molecule has 0 fully saturated rings. The third-order valence-corrected chi connectivity index (χ3v) is 3.90.